The molecule has 33 heavy (non-hydrogen) atoms. The molecule has 5 saturated carbocycles. The van der Waals surface area contributed by atoms with Gasteiger partial charge in [0.25, 0.3) is 0 Å². The first-order valence-corrected chi connectivity index (χ1v) is 14.2. The number of carbonyl (C=O) groups is 2. The second-order valence-electron chi connectivity index (χ2n) is 13.3. The summed E-state index contributed by atoms with van der Waals surface area (Å²) in [4.78, 5) is 28.4. The summed E-state index contributed by atoms with van der Waals surface area (Å²) in [5.74, 6) is 3.65. The Balaban J connectivity index is 0.984. The molecule has 0 spiro atoms. The second kappa shape index (κ2) is 8.62. The molecule has 6 bridgehead atoms. The van der Waals surface area contributed by atoms with Crippen molar-refractivity contribution in [2.45, 2.75) is 120 Å². The number of rotatable bonds is 9. The molecular weight excluding hydrogens is 412 g/mol. The zero-order valence-electron chi connectivity index (χ0n) is 20.4. The molecule has 0 aromatic heterocycles. The normalized spacial score (nSPS) is 42.8. The molecule has 2 N–H and O–H groups in total. The van der Waals surface area contributed by atoms with Crippen molar-refractivity contribution in [3.05, 3.63) is 0 Å². The van der Waals surface area contributed by atoms with Crippen molar-refractivity contribution in [3.8, 4) is 0 Å². The van der Waals surface area contributed by atoms with Gasteiger partial charge in [-0.1, -0.05) is 12.8 Å². The smallest absolute Gasteiger partial charge is 0.220 e. The van der Waals surface area contributed by atoms with Gasteiger partial charge >= 0.3 is 0 Å². The van der Waals surface area contributed by atoms with Gasteiger partial charge in [-0.25, -0.2) is 0 Å². The maximum atomic E-state index is 13.1. The van der Waals surface area contributed by atoms with E-state index in [9.17, 15) is 14.7 Å². The summed E-state index contributed by atoms with van der Waals surface area (Å²) in [5, 5.41) is 13.4. The Morgan fingerprint density at radius 3 is 2.24 bits per heavy atom. The van der Waals surface area contributed by atoms with Crippen LogP contribution >= 0.6 is 0 Å². The van der Waals surface area contributed by atoms with E-state index in [1.165, 1.54) is 57.8 Å². The zero-order valence-corrected chi connectivity index (χ0v) is 20.4. The summed E-state index contributed by atoms with van der Waals surface area (Å²) in [6.45, 7) is 0.825. The van der Waals surface area contributed by atoms with Crippen LogP contribution < -0.4 is 5.32 Å². The van der Waals surface area contributed by atoms with Gasteiger partial charge in [0.1, 0.15) is 5.78 Å². The van der Waals surface area contributed by atoms with Gasteiger partial charge in [-0.15, -0.1) is 0 Å². The van der Waals surface area contributed by atoms with Crippen LogP contribution in [0.25, 0.3) is 0 Å². The van der Waals surface area contributed by atoms with Crippen molar-refractivity contribution in [1.82, 2.24) is 10.2 Å². The number of Topliss-reactive ketones (excluding diaryl/α,β-unsaturated/α-hetero) is 1. The Labute approximate surface area is 199 Å². The van der Waals surface area contributed by atoms with Crippen LogP contribution in [0.15, 0.2) is 0 Å². The van der Waals surface area contributed by atoms with Crippen LogP contribution in [0.2, 0.25) is 0 Å². The van der Waals surface area contributed by atoms with E-state index in [-0.39, 0.29) is 17.6 Å². The minimum absolute atomic E-state index is 0.0205. The number of ketones is 1. The number of aliphatic hydroxyl groups excluding tert-OH is 1. The van der Waals surface area contributed by atoms with Crippen LogP contribution in [0.3, 0.4) is 0 Å². The highest BCUT2D eigenvalue weighted by molar-refractivity contribution is 5.80. The zero-order chi connectivity index (χ0) is 22.6. The van der Waals surface area contributed by atoms with E-state index in [0.717, 1.165) is 49.9 Å². The van der Waals surface area contributed by atoms with Crippen LogP contribution in [-0.2, 0) is 9.59 Å². The average molecular weight is 457 g/mol. The molecule has 0 radical (unpaired) electrons. The fourth-order valence-electron chi connectivity index (χ4n) is 9.70. The maximum absolute atomic E-state index is 13.1. The fourth-order valence-corrected chi connectivity index (χ4v) is 9.70. The summed E-state index contributed by atoms with van der Waals surface area (Å²) < 4.78 is 0. The first-order valence-electron chi connectivity index (χ1n) is 14.2. The van der Waals surface area contributed by atoms with Gasteiger partial charge in [-0.2, -0.15) is 0 Å². The molecule has 4 unspecified atom stereocenters. The molecule has 184 valence electrons. The first-order chi connectivity index (χ1) is 16.0. The van der Waals surface area contributed by atoms with Crippen LogP contribution in [0, 0.1) is 29.1 Å². The van der Waals surface area contributed by atoms with Crippen LogP contribution in [-0.4, -0.2) is 52.5 Å². The van der Waals surface area contributed by atoms with E-state index in [0.29, 0.717) is 49.1 Å². The molecule has 7 rings (SSSR count). The van der Waals surface area contributed by atoms with Gasteiger partial charge in [-0.3, -0.25) is 14.5 Å². The number of carbonyl (C=O) groups excluding carboxylic acids is 2. The highest BCUT2D eigenvalue weighted by atomic mass is 16.3. The highest BCUT2D eigenvalue weighted by Crippen LogP contribution is 2.60. The standard InChI is InChI=1S/C28H44N2O3/c31-18-27(6-1-2-7-27)8-5-25(32)17-30-23-3-4-24(30)13-19(12-23)14-26(33)29-28-15-20-9-21(16-28)11-22(28)10-20/h19-24,31H,1-18H2,(H,29,33)/t19?,20-,21?,22?,23-,24+,28?/m1/s1. The lowest BCUT2D eigenvalue weighted by atomic mass is 9.80. The molecule has 7 aliphatic rings. The Kier molecular flexibility index (Phi) is 5.88. The summed E-state index contributed by atoms with van der Waals surface area (Å²) >= 11 is 0. The van der Waals surface area contributed by atoms with Crippen LogP contribution in [0.4, 0.5) is 0 Å². The number of fused-ring (bicyclic) bond motifs is 2. The van der Waals surface area contributed by atoms with E-state index in [1.54, 1.807) is 0 Å². The van der Waals surface area contributed by atoms with Crippen molar-refractivity contribution < 1.29 is 14.7 Å². The molecule has 2 aliphatic heterocycles. The number of nitrogens with one attached hydrogen (secondary N) is 1. The quantitative estimate of drug-likeness (QED) is 0.545. The monoisotopic (exact) mass is 456 g/mol. The van der Waals surface area contributed by atoms with Gasteiger partial charge in [0.2, 0.25) is 5.91 Å². The molecule has 7 fully saturated rings. The third-order valence-corrected chi connectivity index (χ3v) is 11.1. The third-order valence-electron chi connectivity index (χ3n) is 11.1. The number of amides is 1. The van der Waals surface area contributed by atoms with Crippen molar-refractivity contribution in [3.63, 3.8) is 0 Å². The average Bonchev–Trinajstić information content (AvgIpc) is 3.46. The lowest BCUT2D eigenvalue weighted by Gasteiger charge is -2.39. The number of aliphatic hydroxyl groups is 1. The lowest BCUT2D eigenvalue weighted by molar-refractivity contribution is -0.126. The summed E-state index contributed by atoms with van der Waals surface area (Å²) in [5.41, 5.74) is 0.175. The van der Waals surface area contributed by atoms with E-state index in [4.69, 9.17) is 0 Å². The van der Waals surface area contributed by atoms with Crippen molar-refractivity contribution >= 4 is 11.7 Å². The minimum atomic E-state index is 0.0205. The molecule has 5 aliphatic carbocycles. The van der Waals surface area contributed by atoms with Gasteiger partial charge in [0, 0.05) is 37.1 Å². The van der Waals surface area contributed by atoms with E-state index in [2.05, 4.69) is 10.2 Å². The van der Waals surface area contributed by atoms with Gasteiger partial charge in [-0.05, 0) is 106 Å². The molecule has 7 atom stereocenters. The highest BCUT2D eigenvalue weighted by Gasteiger charge is 2.58. The summed E-state index contributed by atoms with van der Waals surface area (Å²) in [7, 11) is 0. The van der Waals surface area contributed by atoms with Crippen molar-refractivity contribution in [1.29, 1.82) is 0 Å². The molecule has 1 amide bonds. The Morgan fingerprint density at radius 2 is 1.61 bits per heavy atom. The van der Waals surface area contributed by atoms with E-state index >= 15 is 0 Å². The number of nitrogens with zero attached hydrogens (tertiary/aromatic N) is 1. The Morgan fingerprint density at radius 1 is 0.939 bits per heavy atom. The lowest BCUT2D eigenvalue weighted by Crippen LogP contribution is -2.51. The van der Waals surface area contributed by atoms with Crippen LogP contribution in [0.1, 0.15) is 103 Å². The van der Waals surface area contributed by atoms with E-state index in [1.807, 2.05) is 0 Å². The summed E-state index contributed by atoms with van der Waals surface area (Å²) in [6.07, 6.45) is 17.9. The molecular formula is C28H44N2O3. The molecule has 2 saturated heterocycles. The molecule has 0 aromatic rings. The summed E-state index contributed by atoms with van der Waals surface area (Å²) in [6, 6.07) is 0.973. The van der Waals surface area contributed by atoms with Crippen molar-refractivity contribution in [2.24, 2.45) is 29.1 Å². The largest absolute Gasteiger partial charge is 0.396 e. The van der Waals surface area contributed by atoms with Crippen molar-refractivity contribution in [2.75, 3.05) is 13.2 Å². The third kappa shape index (κ3) is 4.20. The fraction of sp³-hybridized carbons (Fsp3) is 0.929. The topological polar surface area (TPSA) is 69.6 Å². The van der Waals surface area contributed by atoms with E-state index < -0.39 is 0 Å². The molecule has 2 heterocycles. The Hall–Kier alpha value is -0.940. The van der Waals surface area contributed by atoms with Gasteiger partial charge in [0.05, 0.1) is 6.54 Å². The molecule has 5 nitrogen and oxygen atoms in total. The second-order valence-corrected chi connectivity index (χ2v) is 13.3. The van der Waals surface area contributed by atoms with Gasteiger partial charge in [0.15, 0.2) is 0 Å². The van der Waals surface area contributed by atoms with Crippen LogP contribution in [0.5, 0.6) is 0 Å². The molecule has 5 heteroatoms. The SMILES string of the molecule is O=C(CCC1(CO)CCCC1)CN1[C@@H]2CC[C@H]1CC(CC(=O)NC13CC4CC1C[C@@H](C4)C3)C2. The Bertz CT molecular complexity index is 747. The molecule has 0 aromatic carbocycles. The first kappa shape index (κ1) is 22.5. The number of piperidine rings is 1. The van der Waals surface area contributed by atoms with Gasteiger partial charge < -0.3 is 10.4 Å². The predicted octanol–water partition coefficient (Wildman–Crippen LogP) is 4.22. The number of hydrogen-bond acceptors (Lipinski definition) is 4. The minimum Gasteiger partial charge on any atom is -0.396 e. The predicted molar refractivity (Wildman–Crippen MR) is 128 cm³/mol. The maximum Gasteiger partial charge on any atom is 0.220 e. The number of hydrogen-bond donors (Lipinski definition) is 2.